The van der Waals surface area contributed by atoms with Gasteiger partial charge in [0, 0.05) is 17.7 Å². The molecule has 158 valence electrons. The van der Waals surface area contributed by atoms with E-state index in [2.05, 4.69) is 0 Å². The molecule has 0 spiro atoms. The lowest BCUT2D eigenvalue weighted by Crippen LogP contribution is -2.08. The van der Waals surface area contributed by atoms with E-state index < -0.39 is 11.2 Å². The number of fused-ring (bicyclic) bond motifs is 1. The van der Waals surface area contributed by atoms with E-state index in [1.54, 1.807) is 18.2 Å². The van der Waals surface area contributed by atoms with Gasteiger partial charge in [-0.25, -0.2) is 0 Å². The van der Waals surface area contributed by atoms with E-state index in [4.69, 9.17) is 18.6 Å². The Morgan fingerprint density at radius 2 is 1.68 bits per heavy atom. The lowest BCUT2D eigenvalue weighted by Gasteiger charge is -2.14. The molecule has 0 unspecified atom stereocenters. The summed E-state index contributed by atoms with van der Waals surface area (Å²) in [6.07, 6.45) is 0. The van der Waals surface area contributed by atoms with Gasteiger partial charge in [-0.3, -0.25) is 4.79 Å². The molecule has 0 fully saturated rings. The van der Waals surface area contributed by atoms with Gasteiger partial charge in [-0.1, -0.05) is 30.3 Å². The molecule has 7 nitrogen and oxygen atoms in total. The molecule has 0 saturated carbocycles. The molecule has 0 radical (unpaired) electrons. The summed E-state index contributed by atoms with van der Waals surface area (Å²) >= 11 is 0. The lowest BCUT2D eigenvalue weighted by atomic mass is 10.1. The zero-order chi connectivity index (χ0) is 22.0. The molecule has 0 bridgehead atoms. The van der Waals surface area contributed by atoms with Gasteiger partial charge in [-0.2, -0.15) is 0 Å². The lowest BCUT2D eigenvalue weighted by molar-refractivity contribution is 0.284. The van der Waals surface area contributed by atoms with Gasteiger partial charge in [0.2, 0.25) is 11.2 Å². The zero-order valence-electron chi connectivity index (χ0n) is 16.9. The number of hydrogen-bond donors (Lipinski definition) is 2. The Bertz CT molecular complexity index is 1290. The van der Waals surface area contributed by atoms with E-state index in [0.29, 0.717) is 23.7 Å². The van der Waals surface area contributed by atoms with Crippen LogP contribution >= 0.6 is 0 Å². The number of phenols is 2. The van der Waals surface area contributed by atoms with Crippen molar-refractivity contribution in [1.29, 1.82) is 0 Å². The molecular formula is C24H20O7. The Morgan fingerprint density at radius 3 is 2.39 bits per heavy atom. The van der Waals surface area contributed by atoms with Gasteiger partial charge in [-0.15, -0.1) is 0 Å². The normalized spacial score (nSPS) is 10.8. The molecule has 0 atom stereocenters. The topological polar surface area (TPSA) is 98.4 Å². The number of ether oxygens (including phenoxy) is 3. The first-order chi connectivity index (χ1) is 15.0. The van der Waals surface area contributed by atoms with E-state index in [0.717, 1.165) is 11.6 Å². The molecule has 0 aliphatic rings. The van der Waals surface area contributed by atoms with Crippen LogP contribution in [0, 0.1) is 0 Å². The van der Waals surface area contributed by atoms with Crippen molar-refractivity contribution in [3.05, 3.63) is 76.5 Å². The number of aromatic hydroxyl groups is 2. The second-order valence-corrected chi connectivity index (χ2v) is 6.77. The Labute approximate surface area is 177 Å². The summed E-state index contributed by atoms with van der Waals surface area (Å²) in [5, 5.41) is 19.8. The van der Waals surface area contributed by atoms with Gasteiger partial charge >= 0.3 is 0 Å². The number of rotatable bonds is 6. The molecule has 4 aromatic rings. The minimum atomic E-state index is -0.556. The second kappa shape index (κ2) is 8.31. The van der Waals surface area contributed by atoms with Crippen molar-refractivity contribution in [2.75, 3.05) is 14.2 Å². The van der Waals surface area contributed by atoms with Crippen molar-refractivity contribution in [3.8, 4) is 40.1 Å². The fraction of sp³-hybridized carbons (Fsp3) is 0.125. The molecule has 2 N–H and O–H groups in total. The van der Waals surface area contributed by atoms with Gasteiger partial charge in [-0.05, 0) is 23.8 Å². The van der Waals surface area contributed by atoms with Crippen LogP contribution in [0.25, 0.3) is 22.3 Å². The number of methoxy groups -OCH3 is 2. The fourth-order valence-electron chi connectivity index (χ4n) is 3.31. The first-order valence-corrected chi connectivity index (χ1v) is 9.43. The summed E-state index contributed by atoms with van der Waals surface area (Å²) in [4.78, 5) is 12.9. The molecule has 7 heteroatoms. The Balaban J connectivity index is 1.78. The van der Waals surface area contributed by atoms with Gasteiger partial charge < -0.3 is 28.8 Å². The van der Waals surface area contributed by atoms with Crippen molar-refractivity contribution in [1.82, 2.24) is 0 Å². The second-order valence-electron chi connectivity index (χ2n) is 6.77. The zero-order valence-corrected chi connectivity index (χ0v) is 16.9. The minimum absolute atomic E-state index is 0.0293. The summed E-state index contributed by atoms with van der Waals surface area (Å²) in [6, 6.07) is 17.1. The van der Waals surface area contributed by atoms with Crippen LogP contribution in [0.3, 0.4) is 0 Å². The van der Waals surface area contributed by atoms with E-state index in [1.165, 1.54) is 20.3 Å². The van der Waals surface area contributed by atoms with Crippen LogP contribution in [0.15, 0.2) is 69.9 Å². The van der Waals surface area contributed by atoms with Crippen molar-refractivity contribution in [2.24, 2.45) is 0 Å². The average molecular weight is 420 g/mol. The van der Waals surface area contributed by atoms with Crippen LogP contribution in [0.5, 0.6) is 28.7 Å². The van der Waals surface area contributed by atoms with Crippen molar-refractivity contribution < 1.29 is 28.8 Å². The van der Waals surface area contributed by atoms with Crippen molar-refractivity contribution >= 4 is 11.0 Å². The molecule has 0 aliphatic carbocycles. The van der Waals surface area contributed by atoms with E-state index >= 15 is 0 Å². The Hall–Kier alpha value is -4.13. The predicted octanol–water partition coefficient (Wildman–Crippen LogP) is 4.47. The molecule has 0 aliphatic heterocycles. The van der Waals surface area contributed by atoms with E-state index in [9.17, 15) is 15.0 Å². The van der Waals surface area contributed by atoms with Crippen molar-refractivity contribution in [2.45, 2.75) is 6.61 Å². The summed E-state index contributed by atoms with van der Waals surface area (Å²) < 4.78 is 22.5. The number of hydrogen-bond acceptors (Lipinski definition) is 7. The van der Waals surface area contributed by atoms with Crippen LogP contribution in [0.2, 0.25) is 0 Å². The van der Waals surface area contributed by atoms with Crippen LogP contribution < -0.4 is 19.6 Å². The largest absolute Gasteiger partial charge is 0.508 e. The Kier molecular flexibility index (Phi) is 5.41. The molecule has 0 saturated heterocycles. The van der Waals surface area contributed by atoms with Crippen LogP contribution in [-0.4, -0.2) is 24.4 Å². The van der Waals surface area contributed by atoms with Crippen molar-refractivity contribution in [3.63, 3.8) is 0 Å². The maximum absolute atomic E-state index is 12.9. The van der Waals surface area contributed by atoms with Gasteiger partial charge in [0.15, 0.2) is 17.3 Å². The first kappa shape index (κ1) is 20.2. The summed E-state index contributed by atoms with van der Waals surface area (Å²) in [7, 11) is 2.85. The highest BCUT2D eigenvalue weighted by atomic mass is 16.5. The summed E-state index contributed by atoms with van der Waals surface area (Å²) in [5.74, 6) is 0.401. The highest BCUT2D eigenvalue weighted by Crippen LogP contribution is 2.39. The number of phenolic OH excluding ortho intramolecular Hbond substituents is 2. The Morgan fingerprint density at radius 1 is 0.903 bits per heavy atom. The van der Waals surface area contributed by atoms with Crippen LogP contribution in [0.4, 0.5) is 0 Å². The van der Waals surface area contributed by atoms with Gasteiger partial charge in [0.05, 0.1) is 14.2 Å². The molecule has 1 heterocycles. The van der Waals surface area contributed by atoms with Gasteiger partial charge in [0.25, 0.3) is 0 Å². The maximum Gasteiger partial charge on any atom is 0.239 e. The molecule has 1 aromatic heterocycles. The quantitative estimate of drug-likeness (QED) is 0.475. The van der Waals surface area contributed by atoms with Crippen LogP contribution in [-0.2, 0) is 6.61 Å². The molecular weight excluding hydrogens is 400 g/mol. The molecule has 0 amide bonds. The van der Waals surface area contributed by atoms with E-state index in [-0.39, 0.29) is 28.2 Å². The minimum Gasteiger partial charge on any atom is -0.508 e. The third kappa shape index (κ3) is 3.85. The molecule has 3 aromatic carbocycles. The maximum atomic E-state index is 12.9. The average Bonchev–Trinajstić information content (AvgIpc) is 2.77. The fourth-order valence-corrected chi connectivity index (χ4v) is 3.31. The SMILES string of the molecule is COc1cc(-c2oc3cc(O)cc(O)c3c(=O)c2OC)ccc1OCc1ccccc1. The molecule has 4 rings (SSSR count). The first-order valence-electron chi connectivity index (χ1n) is 9.43. The predicted molar refractivity (Wildman–Crippen MR) is 115 cm³/mol. The monoisotopic (exact) mass is 420 g/mol. The van der Waals surface area contributed by atoms with Gasteiger partial charge in [0.1, 0.15) is 29.1 Å². The number of benzene rings is 3. The summed E-state index contributed by atoms with van der Waals surface area (Å²) in [5.41, 5.74) is 0.985. The molecule has 31 heavy (non-hydrogen) atoms. The third-order valence-electron chi connectivity index (χ3n) is 4.78. The van der Waals surface area contributed by atoms with E-state index in [1.807, 2.05) is 30.3 Å². The highest BCUT2D eigenvalue weighted by Gasteiger charge is 2.21. The van der Waals surface area contributed by atoms with Crippen LogP contribution in [0.1, 0.15) is 5.56 Å². The smallest absolute Gasteiger partial charge is 0.239 e. The third-order valence-corrected chi connectivity index (χ3v) is 4.78. The highest BCUT2D eigenvalue weighted by molar-refractivity contribution is 5.88. The standard InChI is InChI=1S/C24H20O7/c1-28-19-10-15(8-9-18(19)30-13-14-6-4-3-5-7-14)23-24(29-2)22(27)21-17(26)11-16(25)12-20(21)31-23/h3-12,25-26H,13H2,1-2H3. The summed E-state index contributed by atoms with van der Waals surface area (Å²) in [6.45, 7) is 0.365.